The second-order valence-electron chi connectivity index (χ2n) is 12.4. The molecule has 9 aromatic rings. The largest absolute Gasteiger partial charge is 1.00 e. The van der Waals surface area contributed by atoms with Gasteiger partial charge in [-0.1, -0.05) is 133 Å². The Morgan fingerprint density at radius 2 is 0.544 bits per heavy atom. The van der Waals surface area contributed by atoms with E-state index in [1.807, 2.05) is 12.1 Å². The molecule has 0 atom stereocenters. The standard InChI is InChI=1S/2C18H15P.C12H8N2.Cu.NO3/c2*1-4-10-16(11-5-1)19(17-12-6-2-7-13-17)18-14-8-3-9-15-18;1-3-9-5-6-10-4-2-8-14-12(10)11(9)13-7-1;;2-1(3)4/h2*1-15H;1-8H;;/q;;;+1;-1/p+2. The number of pyridine rings is 2. The van der Waals surface area contributed by atoms with E-state index < -0.39 is 20.9 Å². The molecule has 0 saturated heterocycles. The minimum absolute atomic E-state index is 0. The van der Waals surface area contributed by atoms with Crippen molar-refractivity contribution in [1.29, 1.82) is 0 Å². The molecule has 284 valence electrons. The minimum Gasteiger partial charge on any atom is -0.356 e. The van der Waals surface area contributed by atoms with Gasteiger partial charge in [-0.25, -0.2) is 0 Å². The number of hydrogen-bond acceptors (Lipinski definition) is 5. The molecule has 57 heavy (non-hydrogen) atoms. The van der Waals surface area contributed by atoms with Gasteiger partial charge in [-0.15, -0.1) is 0 Å². The van der Waals surface area contributed by atoms with Crippen molar-refractivity contribution in [3.05, 3.63) is 246 Å². The van der Waals surface area contributed by atoms with Crippen molar-refractivity contribution in [2.75, 3.05) is 0 Å². The number of fused-ring (bicyclic) bond motifs is 3. The van der Waals surface area contributed by atoms with E-state index in [4.69, 9.17) is 15.3 Å². The predicted molar refractivity (Wildman–Crippen MR) is 240 cm³/mol. The molecule has 0 aliphatic carbocycles. The topological polar surface area (TPSA) is 92.0 Å². The summed E-state index contributed by atoms with van der Waals surface area (Å²) in [6.07, 6.45) is 3.60. The molecular weight excluding hydrogens is 792 g/mol. The Kier molecular flexibility index (Phi) is 16.6. The maximum atomic E-state index is 8.25. The first-order valence-corrected chi connectivity index (χ1v) is 21.0. The summed E-state index contributed by atoms with van der Waals surface area (Å²) < 4.78 is 0. The SMILES string of the molecule is O=[N+]([O-])[O-].[Cu+].c1ccc([PH+](c2ccccc2)c2ccccc2)cc1.c1ccc([PH+](c2ccccc2)c2ccccc2)cc1.c1cnc2c(c1)ccc1cccnc12. The van der Waals surface area contributed by atoms with Crippen LogP contribution in [0.4, 0.5) is 0 Å². The van der Waals surface area contributed by atoms with Crippen LogP contribution in [0.1, 0.15) is 0 Å². The van der Waals surface area contributed by atoms with Crippen LogP contribution < -0.4 is 31.8 Å². The zero-order valence-electron chi connectivity index (χ0n) is 30.8. The van der Waals surface area contributed by atoms with Crippen molar-refractivity contribution < 1.29 is 22.2 Å². The Hall–Kier alpha value is -6.06. The van der Waals surface area contributed by atoms with Crippen LogP contribution in [-0.2, 0) is 17.1 Å². The Labute approximate surface area is 346 Å². The maximum Gasteiger partial charge on any atom is 1.00 e. The number of aromatic nitrogens is 2. The smallest absolute Gasteiger partial charge is 0.356 e. The third-order valence-corrected chi connectivity index (χ3v) is 14.2. The monoisotopic (exact) mass is 831 g/mol. The average Bonchev–Trinajstić information content (AvgIpc) is 3.26. The molecule has 0 amide bonds. The fraction of sp³-hybridized carbons (Fsp3) is 0. The number of nitrogens with zero attached hydrogens (tertiary/aromatic N) is 3. The van der Waals surface area contributed by atoms with E-state index in [9.17, 15) is 0 Å². The molecule has 0 saturated carbocycles. The van der Waals surface area contributed by atoms with E-state index in [1.165, 1.54) is 31.8 Å². The summed E-state index contributed by atoms with van der Waals surface area (Å²) in [6.45, 7) is 0. The first kappa shape index (κ1) is 42.1. The quantitative estimate of drug-likeness (QED) is 0.0549. The number of benzene rings is 7. The zero-order valence-corrected chi connectivity index (χ0v) is 33.7. The molecule has 9 heteroatoms. The molecule has 2 aromatic heterocycles. The fourth-order valence-corrected chi connectivity index (χ4v) is 11.5. The average molecular weight is 832 g/mol. The third kappa shape index (κ3) is 12.2. The Balaban J connectivity index is 0.000000156. The van der Waals surface area contributed by atoms with Crippen molar-refractivity contribution in [1.82, 2.24) is 9.97 Å². The summed E-state index contributed by atoms with van der Waals surface area (Å²) in [5, 5.41) is 25.6. The van der Waals surface area contributed by atoms with Crippen molar-refractivity contribution in [3.8, 4) is 0 Å². The zero-order chi connectivity index (χ0) is 38.8. The van der Waals surface area contributed by atoms with E-state index in [0.29, 0.717) is 0 Å². The van der Waals surface area contributed by atoms with Crippen LogP contribution in [0.5, 0.6) is 0 Å². The molecule has 0 aliphatic rings. The maximum absolute atomic E-state index is 8.25. The van der Waals surface area contributed by atoms with Gasteiger partial charge >= 0.3 is 17.1 Å². The molecule has 6 nitrogen and oxygen atoms in total. The molecule has 0 bridgehead atoms. The van der Waals surface area contributed by atoms with Crippen LogP contribution in [0.25, 0.3) is 21.8 Å². The summed E-state index contributed by atoms with van der Waals surface area (Å²) in [4.78, 5) is 16.9. The molecule has 7 aromatic carbocycles. The van der Waals surface area contributed by atoms with Crippen LogP contribution in [0.15, 0.2) is 231 Å². The summed E-state index contributed by atoms with van der Waals surface area (Å²) in [7, 11) is -1.75. The molecule has 0 unspecified atom stereocenters. The van der Waals surface area contributed by atoms with Crippen LogP contribution in [0.2, 0.25) is 0 Å². The summed E-state index contributed by atoms with van der Waals surface area (Å²) in [5.41, 5.74) is 1.95. The summed E-state index contributed by atoms with van der Waals surface area (Å²) >= 11 is 0. The molecule has 0 spiro atoms. The van der Waals surface area contributed by atoms with Gasteiger partial charge in [0.1, 0.15) is 31.8 Å². The normalized spacial score (nSPS) is 10.1. The van der Waals surface area contributed by atoms with Gasteiger partial charge in [0.2, 0.25) is 0 Å². The molecule has 0 radical (unpaired) electrons. The second-order valence-corrected chi connectivity index (χ2v) is 17.3. The van der Waals surface area contributed by atoms with Crippen molar-refractivity contribution in [3.63, 3.8) is 0 Å². The van der Waals surface area contributed by atoms with Crippen LogP contribution in [0.3, 0.4) is 0 Å². The molecule has 9 rings (SSSR count). The van der Waals surface area contributed by atoms with Gasteiger partial charge < -0.3 is 15.3 Å². The minimum atomic E-state index is -1.75. The summed E-state index contributed by atoms with van der Waals surface area (Å²) in [5.74, 6) is 0. The van der Waals surface area contributed by atoms with Gasteiger partial charge in [-0.3, -0.25) is 9.97 Å². The first-order chi connectivity index (χ1) is 27.6. The Morgan fingerprint density at radius 1 is 0.333 bits per heavy atom. The predicted octanol–water partition coefficient (Wildman–Crippen LogP) is 8.90. The van der Waals surface area contributed by atoms with Gasteiger partial charge in [0.25, 0.3) is 0 Å². The molecule has 0 N–H and O–H groups in total. The van der Waals surface area contributed by atoms with Crippen molar-refractivity contribution in [2.24, 2.45) is 0 Å². The molecule has 0 aliphatic heterocycles. The third-order valence-electron chi connectivity index (χ3n) is 8.72. The van der Waals surface area contributed by atoms with E-state index >= 15 is 0 Å². The number of hydrogen-bond donors (Lipinski definition) is 0. The van der Waals surface area contributed by atoms with Crippen molar-refractivity contribution in [2.45, 2.75) is 0 Å². The van der Waals surface area contributed by atoms with Crippen LogP contribution in [-0.4, -0.2) is 15.1 Å². The number of rotatable bonds is 6. The Morgan fingerprint density at radius 3 is 0.754 bits per heavy atom. The molecule has 2 heterocycles. The van der Waals surface area contributed by atoms with Gasteiger partial charge in [-0.05, 0) is 84.9 Å². The van der Waals surface area contributed by atoms with Crippen molar-refractivity contribution >= 4 is 69.5 Å². The van der Waals surface area contributed by atoms with Crippen LogP contribution >= 0.6 is 15.8 Å². The van der Waals surface area contributed by atoms with E-state index in [0.717, 1.165) is 21.8 Å². The fourth-order valence-electron chi connectivity index (χ4n) is 6.31. The first-order valence-electron chi connectivity index (χ1n) is 18.0. The molecular formula is C48H40CuN3O3P2+2. The van der Waals surface area contributed by atoms with Gasteiger partial charge in [-0.2, -0.15) is 0 Å². The van der Waals surface area contributed by atoms with E-state index in [2.05, 4.69) is 216 Å². The van der Waals surface area contributed by atoms with Gasteiger partial charge in [0, 0.05) is 23.2 Å². The summed E-state index contributed by atoms with van der Waals surface area (Å²) in [6, 6.07) is 77.1. The molecule has 0 fully saturated rings. The van der Waals surface area contributed by atoms with E-state index in [1.54, 1.807) is 12.4 Å². The van der Waals surface area contributed by atoms with Gasteiger partial charge in [0.15, 0.2) is 0 Å². The van der Waals surface area contributed by atoms with Gasteiger partial charge in [0.05, 0.1) is 32.0 Å². The van der Waals surface area contributed by atoms with Crippen LogP contribution in [0, 0.1) is 15.3 Å². The second kappa shape index (κ2) is 22.5. The van der Waals surface area contributed by atoms with E-state index in [-0.39, 0.29) is 17.1 Å². The Bertz CT molecular complexity index is 2160.